The molecule has 0 aliphatic rings. The molecule has 1 aromatic carbocycles. The van der Waals surface area contributed by atoms with Gasteiger partial charge in [0.05, 0.1) is 12.2 Å². The van der Waals surface area contributed by atoms with Crippen LogP contribution in [0.2, 0.25) is 0 Å². The zero-order valence-corrected chi connectivity index (χ0v) is 12.7. The van der Waals surface area contributed by atoms with E-state index in [9.17, 15) is 13.2 Å². The smallest absolute Gasteiger partial charge is 0.395 e. The van der Waals surface area contributed by atoms with E-state index in [2.05, 4.69) is 5.32 Å². The van der Waals surface area contributed by atoms with E-state index in [4.69, 9.17) is 5.11 Å². The van der Waals surface area contributed by atoms with E-state index < -0.39 is 11.7 Å². The number of anilines is 1. The lowest BCUT2D eigenvalue weighted by Crippen LogP contribution is -2.33. The number of aliphatic hydroxyl groups is 1. The van der Waals surface area contributed by atoms with Gasteiger partial charge in [0.1, 0.15) is 0 Å². The first-order valence-electron chi connectivity index (χ1n) is 7.09. The third-order valence-electron chi connectivity index (χ3n) is 3.26. The predicted octanol–water partition coefficient (Wildman–Crippen LogP) is 3.02. The molecular formula is C15H23F3N2O. The molecule has 0 saturated carbocycles. The zero-order valence-electron chi connectivity index (χ0n) is 12.7. The van der Waals surface area contributed by atoms with Crippen LogP contribution in [0.4, 0.5) is 18.9 Å². The van der Waals surface area contributed by atoms with Gasteiger partial charge in [-0.1, -0.05) is 13.0 Å². The molecule has 0 unspecified atom stereocenters. The molecule has 120 valence electrons. The van der Waals surface area contributed by atoms with Crippen LogP contribution < -0.4 is 10.2 Å². The molecule has 0 aliphatic carbocycles. The first-order valence-corrected chi connectivity index (χ1v) is 7.09. The van der Waals surface area contributed by atoms with Crippen LogP contribution in [0.3, 0.4) is 0 Å². The van der Waals surface area contributed by atoms with Crippen LogP contribution in [0.5, 0.6) is 0 Å². The molecule has 6 heteroatoms. The summed E-state index contributed by atoms with van der Waals surface area (Å²) in [6.45, 7) is 6.63. The highest BCUT2D eigenvalue weighted by atomic mass is 19.4. The second kappa shape index (κ2) is 7.66. The molecule has 0 spiro atoms. The van der Waals surface area contributed by atoms with Gasteiger partial charge < -0.3 is 15.3 Å². The zero-order chi connectivity index (χ0) is 16.0. The topological polar surface area (TPSA) is 35.5 Å². The molecule has 0 aliphatic heterocycles. The standard InChI is InChI=1S/C15H23F3N2O/c1-4-19-10-12-5-6-13(9-14(12)15(16,17)18)20(7-8-21)11(2)3/h5-6,9,11,19,21H,4,7-8,10H2,1-3H3. The molecule has 0 atom stereocenters. The quantitative estimate of drug-likeness (QED) is 0.813. The number of nitrogens with zero attached hydrogens (tertiary/aromatic N) is 1. The number of hydrogen-bond donors (Lipinski definition) is 2. The molecule has 0 saturated heterocycles. The highest BCUT2D eigenvalue weighted by Crippen LogP contribution is 2.35. The number of halogens is 3. The van der Waals surface area contributed by atoms with Gasteiger partial charge in [0.15, 0.2) is 0 Å². The van der Waals surface area contributed by atoms with E-state index >= 15 is 0 Å². The molecule has 0 amide bonds. The Morgan fingerprint density at radius 1 is 1.29 bits per heavy atom. The van der Waals surface area contributed by atoms with Crippen molar-refractivity contribution in [1.82, 2.24) is 5.32 Å². The van der Waals surface area contributed by atoms with Crippen LogP contribution in [-0.4, -0.2) is 30.8 Å². The monoisotopic (exact) mass is 304 g/mol. The minimum Gasteiger partial charge on any atom is -0.395 e. The van der Waals surface area contributed by atoms with Gasteiger partial charge in [-0.05, 0) is 38.1 Å². The third kappa shape index (κ3) is 4.89. The van der Waals surface area contributed by atoms with Gasteiger partial charge in [-0.15, -0.1) is 0 Å². The first-order chi connectivity index (χ1) is 9.81. The van der Waals surface area contributed by atoms with Crippen LogP contribution in [0.15, 0.2) is 18.2 Å². The SMILES string of the molecule is CCNCc1ccc(N(CCO)C(C)C)cc1C(F)(F)F. The lowest BCUT2D eigenvalue weighted by molar-refractivity contribution is -0.138. The maximum Gasteiger partial charge on any atom is 0.416 e. The van der Waals surface area contributed by atoms with Crippen LogP contribution in [0.1, 0.15) is 31.9 Å². The molecule has 3 nitrogen and oxygen atoms in total. The number of rotatable bonds is 7. The van der Waals surface area contributed by atoms with Gasteiger partial charge in [0.2, 0.25) is 0 Å². The van der Waals surface area contributed by atoms with E-state index in [1.807, 2.05) is 20.8 Å². The summed E-state index contributed by atoms with van der Waals surface area (Å²) in [7, 11) is 0. The molecular weight excluding hydrogens is 281 g/mol. The van der Waals surface area contributed by atoms with E-state index in [-0.39, 0.29) is 24.8 Å². The second-order valence-electron chi connectivity index (χ2n) is 5.13. The van der Waals surface area contributed by atoms with Gasteiger partial charge in [-0.25, -0.2) is 0 Å². The summed E-state index contributed by atoms with van der Waals surface area (Å²) in [6, 6.07) is 4.37. The minimum atomic E-state index is -4.39. The molecule has 21 heavy (non-hydrogen) atoms. The molecule has 1 rings (SSSR count). The molecule has 0 aromatic heterocycles. The lowest BCUT2D eigenvalue weighted by atomic mass is 10.0. The average molecular weight is 304 g/mol. The summed E-state index contributed by atoms with van der Waals surface area (Å²) in [6.07, 6.45) is -4.39. The van der Waals surface area contributed by atoms with Crippen molar-refractivity contribution in [3.8, 4) is 0 Å². The maximum atomic E-state index is 13.2. The van der Waals surface area contributed by atoms with E-state index in [1.54, 1.807) is 11.0 Å². The molecule has 0 fully saturated rings. The molecule has 2 N–H and O–H groups in total. The Morgan fingerprint density at radius 3 is 2.43 bits per heavy atom. The Balaban J connectivity index is 3.19. The number of aliphatic hydroxyl groups excluding tert-OH is 1. The summed E-state index contributed by atoms with van der Waals surface area (Å²) in [5.74, 6) is 0. The molecule has 0 bridgehead atoms. The van der Waals surface area contributed by atoms with E-state index in [0.29, 0.717) is 18.8 Å². The Bertz CT molecular complexity index is 447. The Kier molecular flexibility index (Phi) is 6.48. The lowest BCUT2D eigenvalue weighted by Gasteiger charge is -2.29. The van der Waals surface area contributed by atoms with Crippen LogP contribution in [0.25, 0.3) is 0 Å². The number of hydrogen-bond acceptors (Lipinski definition) is 3. The van der Waals surface area contributed by atoms with Crippen molar-refractivity contribution in [3.63, 3.8) is 0 Å². The van der Waals surface area contributed by atoms with Crippen LogP contribution in [-0.2, 0) is 12.7 Å². The number of nitrogens with one attached hydrogen (secondary N) is 1. The Hall–Kier alpha value is -1.27. The fraction of sp³-hybridized carbons (Fsp3) is 0.600. The van der Waals surface area contributed by atoms with Crippen LogP contribution in [0, 0.1) is 0 Å². The Morgan fingerprint density at radius 2 is 1.95 bits per heavy atom. The Labute approximate surface area is 123 Å². The summed E-state index contributed by atoms with van der Waals surface area (Å²) < 4.78 is 39.6. The van der Waals surface area contributed by atoms with Crippen molar-refractivity contribution in [2.75, 3.05) is 24.6 Å². The van der Waals surface area contributed by atoms with E-state index in [1.165, 1.54) is 12.1 Å². The van der Waals surface area contributed by atoms with Gasteiger partial charge in [0, 0.05) is 24.8 Å². The fourth-order valence-electron chi connectivity index (χ4n) is 2.21. The van der Waals surface area contributed by atoms with Gasteiger partial charge in [-0.3, -0.25) is 0 Å². The van der Waals surface area contributed by atoms with Gasteiger partial charge in [-0.2, -0.15) is 13.2 Å². The number of benzene rings is 1. The summed E-state index contributed by atoms with van der Waals surface area (Å²) in [5, 5.41) is 12.0. The van der Waals surface area contributed by atoms with Crippen molar-refractivity contribution in [2.45, 2.75) is 39.5 Å². The van der Waals surface area contributed by atoms with Crippen molar-refractivity contribution in [3.05, 3.63) is 29.3 Å². The van der Waals surface area contributed by atoms with Crippen LogP contribution >= 0.6 is 0 Å². The normalized spacial score (nSPS) is 12.0. The molecule has 1 aromatic rings. The van der Waals surface area contributed by atoms with Crippen molar-refractivity contribution >= 4 is 5.69 Å². The highest BCUT2D eigenvalue weighted by Gasteiger charge is 2.33. The largest absolute Gasteiger partial charge is 0.416 e. The van der Waals surface area contributed by atoms with Crippen molar-refractivity contribution < 1.29 is 18.3 Å². The minimum absolute atomic E-state index is 0.0119. The summed E-state index contributed by atoms with van der Waals surface area (Å²) >= 11 is 0. The highest BCUT2D eigenvalue weighted by molar-refractivity contribution is 5.52. The average Bonchev–Trinajstić information content (AvgIpc) is 2.41. The van der Waals surface area contributed by atoms with E-state index in [0.717, 1.165) is 0 Å². The maximum absolute atomic E-state index is 13.2. The third-order valence-corrected chi connectivity index (χ3v) is 3.26. The number of alkyl halides is 3. The van der Waals surface area contributed by atoms with Crippen molar-refractivity contribution in [2.24, 2.45) is 0 Å². The predicted molar refractivity (Wildman–Crippen MR) is 78.4 cm³/mol. The molecule has 0 radical (unpaired) electrons. The van der Waals surface area contributed by atoms with Crippen molar-refractivity contribution in [1.29, 1.82) is 0 Å². The fourth-order valence-corrected chi connectivity index (χ4v) is 2.21. The molecule has 0 heterocycles. The van der Waals surface area contributed by atoms with Gasteiger partial charge in [0.25, 0.3) is 0 Å². The summed E-state index contributed by atoms with van der Waals surface area (Å²) in [5.41, 5.74) is 0.0944. The van der Waals surface area contributed by atoms with Gasteiger partial charge >= 0.3 is 6.18 Å². The summed E-state index contributed by atoms with van der Waals surface area (Å²) in [4.78, 5) is 1.76. The first kappa shape index (κ1) is 17.8. The second-order valence-corrected chi connectivity index (χ2v) is 5.13.